The number of hydrogen-bond acceptors (Lipinski definition) is 2. The first-order chi connectivity index (χ1) is 9.86. The van der Waals surface area contributed by atoms with Gasteiger partial charge in [0.1, 0.15) is 0 Å². The van der Waals surface area contributed by atoms with E-state index in [2.05, 4.69) is 16.3 Å². The van der Waals surface area contributed by atoms with Crippen molar-refractivity contribution in [3.63, 3.8) is 0 Å². The highest BCUT2D eigenvalue weighted by molar-refractivity contribution is 6.31. The number of carbonyl (C=O) groups excluding carboxylic acids is 1. The Labute approximate surface area is 132 Å². The number of carbonyl (C=O) groups is 1. The lowest BCUT2D eigenvalue weighted by atomic mass is 9.94. The molecule has 0 spiro atoms. The summed E-state index contributed by atoms with van der Waals surface area (Å²) in [4.78, 5) is 14.5. The molecule has 21 heavy (non-hydrogen) atoms. The van der Waals surface area contributed by atoms with Crippen LogP contribution >= 0.6 is 11.6 Å². The Bertz CT molecular complexity index is 496. The zero-order chi connectivity index (χ0) is 15.5. The molecule has 2 rings (SSSR count). The second-order valence-corrected chi connectivity index (χ2v) is 7.30. The molecule has 4 heteroatoms. The van der Waals surface area contributed by atoms with Crippen LogP contribution in [0.5, 0.6) is 0 Å². The summed E-state index contributed by atoms with van der Waals surface area (Å²) in [7, 11) is 0. The van der Waals surface area contributed by atoms with Crippen LogP contribution in [0.1, 0.15) is 39.2 Å². The van der Waals surface area contributed by atoms with E-state index in [4.69, 9.17) is 11.6 Å². The topological polar surface area (TPSA) is 32.3 Å². The van der Waals surface area contributed by atoms with E-state index in [0.717, 1.165) is 43.1 Å². The van der Waals surface area contributed by atoms with Gasteiger partial charge in [0.05, 0.1) is 0 Å². The van der Waals surface area contributed by atoms with Crippen molar-refractivity contribution in [3.05, 3.63) is 34.9 Å². The molecule has 116 valence electrons. The Hall–Kier alpha value is -1.06. The minimum absolute atomic E-state index is 0.132. The SMILES string of the molecule is CC(C)(C)C(=O)NC1CCCN(Cc2ccccc2Cl)C1. The standard InChI is InChI=1S/C17H25ClN2O/c1-17(2,3)16(21)19-14-8-6-10-20(12-14)11-13-7-4-5-9-15(13)18/h4-5,7,9,14H,6,8,10-12H2,1-3H3,(H,19,21). The summed E-state index contributed by atoms with van der Waals surface area (Å²) in [5.74, 6) is 0.132. The van der Waals surface area contributed by atoms with Crippen LogP contribution < -0.4 is 5.32 Å². The summed E-state index contributed by atoms with van der Waals surface area (Å²) in [5.41, 5.74) is 0.826. The molecular weight excluding hydrogens is 284 g/mol. The first kappa shape index (κ1) is 16.3. The molecule has 1 atom stereocenters. The van der Waals surface area contributed by atoms with Crippen molar-refractivity contribution >= 4 is 17.5 Å². The zero-order valence-electron chi connectivity index (χ0n) is 13.2. The highest BCUT2D eigenvalue weighted by Crippen LogP contribution is 2.20. The van der Waals surface area contributed by atoms with Crippen molar-refractivity contribution in [2.45, 2.75) is 46.2 Å². The van der Waals surface area contributed by atoms with E-state index in [0.29, 0.717) is 0 Å². The first-order valence-electron chi connectivity index (χ1n) is 7.63. The minimum Gasteiger partial charge on any atom is -0.352 e. The molecule has 1 unspecified atom stereocenters. The summed E-state index contributed by atoms with van der Waals surface area (Å²) in [5, 5.41) is 3.99. The fourth-order valence-electron chi connectivity index (χ4n) is 2.59. The van der Waals surface area contributed by atoms with Crippen LogP contribution in [-0.4, -0.2) is 29.9 Å². The largest absolute Gasteiger partial charge is 0.352 e. The fraction of sp³-hybridized carbons (Fsp3) is 0.588. The van der Waals surface area contributed by atoms with Crippen LogP contribution in [-0.2, 0) is 11.3 Å². The normalized spacial score (nSPS) is 20.3. The van der Waals surface area contributed by atoms with Gasteiger partial charge in [0, 0.05) is 29.6 Å². The Balaban J connectivity index is 1.92. The van der Waals surface area contributed by atoms with Crippen molar-refractivity contribution in [3.8, 4) is 0 Å². The molecule has 3 nitrogen and oxygen atoms in total. The van der Waals surface area contributed by atoms with Crippen molar-refractivity contribution in [2.75, 3.05) is 13.1 Å². The van der Waals surface area contributed by atoms with Crippen LogP contribution in [0.3, 0.4) is 0 Å². The van der Waals surface area contributed by atoms with Gasteiger partial charge < -0.3 is 5.32 Å². The second kappa shape index (κ2) is 6.80. The number of benzene rings is 1. The van der Waals surface area contributed by atoms with Gasteiger partial charge in [-0.2, -0.15) is 0 Å². The third-order valence-electron chi connectivity index (χ3n) is 3.87. The Morgan fingerprint density at radius 2 is 2.10 bits per heavy atom. The molecule has 0 bridgehead atoms. The minimum atomic E-state index is -0.328. The van der Waals surface area contributed by atoms with Crippen molar-refractivity contribution < 1.29 is 4.79 Å². The van der Waals surface area contributed by atoms with Gasteiger partial charge in [0.25, 0.3) is 0 Å². The highest BCUT2D eigenvalue weighted by atomic mass is 35.5. The highest BCUT2D eigenvalue weighted by Gasteiger charge is 2.27. The number of piperidine rings is 1. The van der Waals surface area contributed by atoms with E-state index >= 15 is 0 Å². The predicted molar refractivity (Wildman–Crippen MR) is 87.3 cm³/mol. The Morgan fingerprint density at radius 1 is 1.38 bits per heavy atom. The van der Waals surface area contributed by atoms with E-state index in [9.17, 15) is 4.79 Å². The molecule has 1 amide bonds. The van der Waals surface area contributed by atoms with E-state index in [1.54, 1.807) is 0 Å². The monoisotopic (exact) mass is 308 g/mol. The van der Waals surface area contributed by atoms with Gasteiger partial charge in [-0.15, -0.1) is 0 Å². The number of halogens is 1. The maximum absolute atomic E-state index is 12.1. The summed E-state index contributed by atoms with van der Waals surface area (Å²) >= 11 is 6.23. The molecule has 1 heterocycles. The molecule has 0 aliphatic carbocycles. The number of nitrogens with one attached hydrogen (secondary N) is 1. The van der Waals surface area contributed by atoms with Crippen LogP contribution in [0.15, 0.2) is 24.3 Å². The van der Waals surface area contributed by atoms with E-state index in [1.807, 2.05) is 39.0 Å². The fourth-order valence-corrected chi connectivity index (χ4v) is 2.78. The lowest BCUT2D eigenvalue weighted by molar-refractivity contribution is -0.129. The zero-order valence-corrected chi connectivity index (χ0v) is 13.9. The molecular formula is C17H25ClN2O. The average Bonchev–Trinajstić information content (AvgIpc) is 2.41. The Kier molecular flexibility index (Phi) is 5.28. The molecule has 1 aliphatic heterocycles. The predicted octanol–water partition coefficient (Wildman–Crippen LogP) is 3.47. The summed E-state index contributed by atoms with van der Waals surface area (Å²) in [6, 6.07) is 8.21. The molecule has 0 radical (unpaired) electrons. The van der Waals surface area contributed by atoms with E-state index < -0.39 is 0 Å². The molecule has 1 aromatic carbocycles. The average molecular weight is 309 g/mol. The van der Waals surface area contributed by atoms with Gasteiger partial charge in [0.15, 0.2) is 0 Å². The number of amides is 1. The molecule has 1 N–H and O–H groups in total. The lowest BCUT2D eigenvalue weighted by Crippen LogP contribution is -2.50. The summed E-state index contributed by atoms with van der Waals surface area (Å²) < 4.78 is 0. The molecule has 1 fully saturated rings. The second-order valence-electron chi connectivity index (χ2n) is 6.89. The van der Waals surface area contributed by atoms with Gasteiger partial charge in [-0.1, -0.05) is 50.6 Å². The smallest absolute Gasteiger partial charge is 0.225 e. The van der Waals surface area contributed by atoms with Gasteiger partial charge in [-0.3, -0.25) is 9.69 Å². The van der Waals surface area contributed by atoms with Crippen LogP contribution in [0.4, 0.5) is 0 Å². The molecule has 1 aliphatic rings. The van der Waals surface area contributed by atoms with Gasteiger partial charge in [-0.25, -0.2) is 0 Å². The number of likely N-dealkylation sites (tertiary alicyclic amines) is 1. The van der Waals surface area contributed by atoms with Gasteiger partial charge in [0.2, 0.25) is 5.91 Å². The van der Waals surface area contributed by atoms with Gasteiger partial charge in [-0.05, 0) is 31.0 Å². The quantitative estimate of drug-likeness (QED) is 0.927. The maximum Gasteiger partial charge on any atom is 0.225 e. The van der Waals surface area contributed by atoms with Crippen molar-refractivity contribution in [2.24, 2.45) is 5.41 Å². The summed E-state index contributed by atoms with van der Waals surface area (Å²) in [6.45, 7) is 8.66. The third-order valence-corrected chi connectivity index (χ3v) is 4.24. The molecule has 0 saturated carbocycles. The van der Waals surface area contributed by atoms with Crippen molar-refractivity contribution in [1.29, 1.82) is 0 Å². The molecule has 1 saturated heterocycles. The van der Waals surface area contributed by atoms with Crippen LogP contribution in [0, 0.1) is 5.41 Å². The summed E-state index contributed by atoms with van der Waals surface area (Å²) in [6.07, 6.45) is 2.17. The maximum atomic E-state index is 12.1. The number of nitrogens with zero attached hydrogens (tertiary/aromatic N) is 1. The Morgan fingerprint density at radius 3 is 2.76 bits per heavy atom. The van der Waals surface area contributed by atoms with Crippen LogP contribution in [0.2, 0.25) is 5.02 Å². The molecule has 0 aromatic heterocycles. The van der Waals surface area contributed by atoms with E-state index in [-0.39, 0.29) is 17.4 Å². The van der Waals surface area contributed by atoms with Gasteiger partial charge >= 0.3 is 0 Å². The first-order valence-corrected chi connectivity index (χ1v) is 8.01. The third kappa shape index (κ3) is 4.72. The van der Waals surface area contributed by atoms with Crippen molar-refractivity contribution in [1.82, 2.24) is 10.2 Å². The number of rotatable bonds is 3. The van der Waals surface area contributed by atoms with Crippen LogP contribution in [0.25, 0.3) is 0 Å². The number of hydrogen-bond donors (Lipinski definition) is 1. The van der Waals surface area contributed by atoms with E-state index in [1.165, 1.54) is 0 Å². The lowest BCUT2D eigenvalue weighted by Gasteiger charge is -2.34. The molecule has 1 aromatic rings.